The van der Waals surface area contributed by atoms with Crippen molar-refractivity contribution in [1.29, 1.82) is 0 Å². The fourth-order valence-corrected chi connectivity index (χ4v) is 3.10. The summed E-state index contributed by atoms with van der Waals surface area (Å²) in [6.07, 6.45) is 6.73. The van der Waals surface area contributed by atoms with Gasteiger partial charge in [-0.2, -0.15) is 0 Å². The predicted molar refractivity (Wildman–Crippen MR) is 95.3 cm³/mol. The SMILES string of the molecule is C#CCN1C(=O)SC(=Cc2cc(OCC)c(OCC)cc2Cl)C1=O. The van der Waals surface area contributed by atoms with Gasteiger partial charge in [-0.3, -0.25) is 14.5 Å². The number of hydrogen-bond donors (Lipinski definition) is 0. The number of benzene rings is 1. The minimum Gasteiger partial charge on any atom is -0.490 e. The van der Waals surface area contributed by atoms with Crippen LogP contribution in [0.25, 0.3) is 6.08 Å². The highest BCUT2D eigenvalue weighted by Crippen LogP contribution is 2.37. The molecule has 0 aromatic heterocycles. The van der Waals surface area contributed by atoms with Gasteiger partial charge in [-0.1, -0.05) is 17.5 Å². The lowest BCUT2D eigenvalue weighted by Crippen LogP contribution is -2.28. The van der Waals surface area contributed by atoms with E-state index in [9.17, 15) is 9.59 Å². The molecule has 2 amide bonds. The number of imide groups is 1. The van der Waals surface area contributed by atoms with Crippen LogP contribution in [0.3, 0.4) is 0 Å². The Kier molecular flexibility index (Phi) is 6.18. The van der Waals surface area contributed by atoms with Crippen molar-refractivity contribution in [3.8, 4) is 23.8 Å². The normalized spacial score (nSPS) is 15.8. The Morgan fingerprint density at radius 2 is 1.88 bits per heavy atom. The van der Waals surface area contributed by atoms with E-state index in [1.165, 1.54) is 0 Å². The molecule has 0 radical (unpaired) electrons. The summed E-state index contributed by atoms with van der Waals surface area (Å²) in [5.74, 6) is 2.92. The first-order valence-electron chi connectivity index (χ1n) is 7.29. The molecular formula is C17H16ClNO4S. The first-order chi connectivity index (χ1) is 11.5. The molecule has 24 heavy (non-hydrogen) atoms. The summed E-state index contributed by atoms with van der Waals surface area (Å²) in [7, 11) is 0. The predicted octanol–water partition coefficient (Wildman–Crippen LogP) is 3.81. The molecular weight excluding hydrogens is 350 g/mol. The molecule has 0 atom stereocenters. The standard InChI is InChI=1S/C17H16ClNO4S/c1-4-7-19-16(20)15(24-17(19)21)9-11-8-13(22-5-2)14(23-6-3)10-12(11)18/h1,8-10H,5-7H2,2-3H3. The molecule has 1 aromatic rings. The van der Waals surface area contributed by atoms with Crippen LogP contribution in [0.5, 0.6) is 11.5 Å². The second-order valence-corrected chi connectivity index (χ2v) is 6.06. The van der Waals surface area contributed by atoms with Crippen LogP contribution in [-0.2, 0) is 4.79 Å². The molecule has 5 nitrogen and oxygen atoms in total. The number of carbonyl (C=O) groups excluding carboxylic acids is 2. The molecule has 0 N–H and O–H groups in total. The zero-order chi connectivity index (χ0) is 17.7. The van der Waals surface area contributed by atoms with E-state index in [0.29, 0.717) is 35.3 Å². The summed E-state index contributed by atoms with van der Waals surface area (Å²) < 4.78 is 11.0. The van der Waals surface area contributed by atoms with Crippen LogP contribution in [0.2, 0.25) is 5.02 Å². The molecule has 2 rings (SSSR count). The first-order valence-corrected chi connectivity index (χ1v) is 8.49. The largest absolute Gasteiger partial charge is 0.490 e. The minimum atomic E-state index is -0.425. The molecule has 1 aliphatic rings. The Bertz CT molecular complexity index is 739. The summed E-state index contributed by atoms with van der Waals surface area (Å²) in [5, 5.41) is 0.00180. The molecule has 1 heterocycles. The van der Waals surface area contributed by atoms with Gasteiger partial charge in [-0.15, -0.1) is 6.42 Å². The maximum atomic E-state index is 12.2. The van der Waals surface area contributed by atoms with Gasteiger partial charge in [0.15, 0.2) is 11.5 Å². The summed E-state index contributed by atoms with van der Waals surface area (Å²) in [6.45, 7) is 4.60. The van der Waals surface area contributed by atoms with Crippen molar-refractivity contribution in [2.24, 2.45) is 0 Å². The fourth-order valence-electron chi connectivity index (χ4n) is 2.07. The van der Waals surface area contributed by atoms with Crippen LogP contribution in [0.4, 0.5) is 4.79 Å². The third-order valence-electron chi connectivity index (χ3n) is 3.07. The molecule has 0 saturated carbocycles. The minimum absolute atomic E-state index is 0.0524. The molecule has 1 saturated heterocycles. The van der Waals surface area contributed by atoms with Gasteiger partial charge in [-0.05, 0) is 43.3 Å². The van der Waals surface area contributed by atoms with Crippen molar-refractivity contribution >= 4 is 40.6 Å². The Hall–Kier alpha value is -2.10. The highest BCUT2D eigenvalue weighted by atomic mass is 35.5. The van der Waals surface area contributed by atoms with Crippen molar-refractivity contribution in [2.45, 2.75) is 13.8 Å². The number of ether oxygens (including phenoxy) is 2. The third-order valence-corrected chi connectivity index (χ3v) is 4.31. The van der Waals surface area contributed by atoms with Gasteiger partial charge in [0.1, 0.15) is 0 Å². The summed E-state index contributed by atoms with van der Waals surface area (Å²) in [4.78, 5) is 25.3. The zero-order valence-corrected chi connectivity index (χ0v) is 14.9. The van der Waals surface area contributed by atoms with Crippen molar-refractivity contribution < 1.29 is 19.1 Å². The van der Waals surface area contributed by atoms with Gasteiger partial charge in [0.05, 0.1) is 29.7 Å². The van der Waals surface area contributed by atoms with Gasteiger partial charge in [0.2, 0.25) is 0 Å². The quantitative estimate of drug-likeness (QED) is 0.566. The number of nitrogens with zero attached hydrogens (tertiary/aromatic N) is 1. The molecule has 0 spiro atoms. The van der Waals surface area contributed by atoms with E-state index in [2.05, 4.69) is 5.92 Å². The second kappa shape index (κ2) is 8.13. The van der Waals surface area contributed by atoms with Gasteiger partial charge in [0.25, 0.3) is 11.1 Å². The van der Waals surface area contributed by atoms with Gasteiger partial charge in [-0.25, -0.2) is 0 Å². The maximum absolute atomic E-state index is 12.2. The first kappa shape index (κ1) is 18.2. The number of amides is 2. The molecule has 7 heteroatoms. The van der Waals surface area contributed by atoms with Crippen LogP contribution < -0.4 is 9.47 Å². The van der Waals surface area contributed by atoms with Gasteiger partial charge in [0, 0.05) is 6.07 Å². The van der Waals surface area contributed by atoms with Crippen LogP contribution in [0.15, 0.2) is 17.0 Å². The Morgan fingerprint density at radius 3 is 2.46 bits per heavy atom. The average molecular weight is 366 g/mol. The highest BCUT2D eigenvalue weighted by molar-refractivity contribution is 8.18. The summed E-state index contributed by atoms with van der Waals surface area (Å²) in [5.41, 5.74) is 0.565. The monoisotopic (exact) mass is 365 g/mol. The van der Waals surface area contributed by atoms with Crippen molar-refractivity contribution in [3.05, 3.63) is 27.6 Å². The zero-order valence-electron chi connectivity index (χ0n) is 13.3. The van der Waals surface area contributed by atoms with Gasteiger partial charge >= 0.3 is 0 Å². The molecule has 0 bridgehead atoms. The van der Waals surface area contributed by atoms with E-state index in [-0.39, 0.29) is 11.4 Å². The molecule has 1 aromatic carbocycles. The lowest BCUT2D eigenvalue weighted by atomic mass is 10.1. The summed E-state index contributed by atoms with van der Waals surface area (Å²) in [6, 6.07) is 3.32. The summed E-state index contributed by atoms with van der Waals surface area (Å²) >= 11 is 7.10. The maximum Gasteiger partial charge on any atom is 0.294 e. The van der Waals surface area contributed by atoms with Crippen molar-refractivity contribution in [2.75, 3.05) is 19.8 Å². The second-order valence-electron chi connectivity index (χ2n) is 4.66. The average Bonchev–Trinajstić information content (AvgIpc) is 2.80. The number of halogens is 1. The number of carbonyl (C=O) groups is 2. The lowest BCUT2D eigenvalue weighted by Gasteiger charge is -2.13. The number of hydrogen-bond acceptors (Lipinski definition) is 5. The van der Waals surface area contributed by atoms with E-state index >= 15 is 0 Å². The van der Waals surface area contributed by atoms with Crippen LogP contribution >= 0.6 is 23.4 Å². The highest BCUT2D eigenvalue weighted by Gasteiger charge is 2.34. The molecule has 1 aliphatic heterocycles. The Labute approximate surface area is 149 Å². The van der Waals surface area contributed by atoms with Crippen LogP contribution in [0, 0.1) is 12.3 Å². The molecule has 126 valence electrons. The van der Waals surface area contributed by atoms with E-state index in [1.807, 2.05) is 13.8 Å². The fraction of sp³-hybridized carbons (Fsp3) is 0.294. The van der Waals surface area contributed by atoms with E-state index < -0.39 is 11.1 Å². The van der Waals surface area contributed by atoms with Crippen molar-refractivity contribution in [1.82, 2.24) is 4.90 Å². The van der Waals surface area contributed by atoms with Crippen molar-refractivity contribution in [3.63, 3.8) is 0 Å². The smallest absolute Gasteiger partial charge is 0.294 e. The van der Waals surface area contributed by atoms with E-state index in [1.54, 1.807) is 18.2 Å². The number of rotatable bonds is 6. The number of thioether (sulfide) groups is 1. The van der Waals surface area contributed by atoms with E-state index in [4.69, 9.17) is 27.5 Å². The van der Waals surface area contributed by atoms with Crippen LogP contribution in [0.1, 0.15) is 19.4 Å². The number of terminal acetylenes is 1. The topological polar surface area (TPSA) is 55.8 Å². The van der Waals surface area contributed by atoms with Crippen LogP contribution in [-0.4, -0.2) is 35.8 Å². The molecule has 0 aliphatic carbocycles. The van der Waals surface area contributed by atoms with E-state index in [0.717, 1.165) is 16.7 Å². The molecule has 1 fully saturated rings. The Balaban J connectivity index is 2.39. The lowest BCUT2D eigenvalue weighted by molar-refractivity contribution is -0.122. The van der Waals surface area contributed by atoms with Gasteiger partial charge < -0.3 is 9.47 Å². The third kappa shape index (κ3) is 3.86. The molecule has 0 unspecified atom stereocenters. The Morgan fingerprint density at radius 1 is 1.25 bits per heavy atom.